The lowest BCUT2D eigenvalue weighted by atomic mass is 10.0. The fourth-order valence-electron chi connectivity index (χ4n) is 3.57. The molecule has 7 heteroatoms. The lowest BCUT2D eigenvalue weighted by Gasteiger charge is -2.35. The number of carbonyl (C=O) groups is 1. The van der Waals surface area contributed by atoms with Crippen molar-refractivity contribution in [2.24, 2.45) is 0 Å². The van der Waals surface area contributed by atoms with Crippen molar-refractivity contribution in [3.8, 4) is 16.9 Å². The van der Waals surface area contributed by atoms with Crippen LogP contribution in [0.3, 0.4) is 0 Å². The quantitative estimate of drug-likeness (QED) is 0.514. The third-order valence-corrected chi connectivity index (χ3v) is 6.22. The van der Waals surface area contributed by atoms with E-state index in [0.29, 0.717) is 5.75 Å². The number of nitrogens with one attached hydrogen (secondary N) is 1. The maximum atomic E-state index is 11.1. The first-order valence-corrected chi connectivity index (χ1v) is 10.9. The summed E-state index contributed by atoms with van der Waals surface area (Å²) in [6.07, 6.45) is 0. The highest BCUT2D eigenvalue weighted by atomic mass is 32.2. The molecule has 0 aliphatic carbocycles. The number of aromatic carboxylic acids is 1. The lowest BCUT2D eigenvalue weighted by Crippen LogP contribution is -2.43. The SMILES string of the molecule is COc1cc(C(=O)O)ccc1NSN1CCN(c2cccc(-c3ccccc3)c2)CC1. The molecule has 1 aliphatic heterocycles. The van der Waals surface area contributed by atoms with Crippen LogP contribution < -0.4 is 14.4 Å². The van der Waals surface area contributed by atoms with E-state index in [1.165, 1.54) is 35.0 Å². The van der Waals surface area contributed by atoms with E-state index in [-0.39, 0.29) is 5.56 Å². The number of benzene rings is 3. The Balaban J connectivity index is 1.34. The standard InChI is InChI=1S/C24H25N3O3S/c1-30-23-17-20(24(28)29)10-11-22(23)25-31-27-14-12-26(13-15-27)21-9-5-8-19(16-21)18-6-3-2-4-7-18/h2-11,16-17,25H,12-15H2,1H3,(H,28,29). The van der Waals surface area contributed by atoms with Crippen LogP contribution in [0.5, 0.6) is 5.75 Å². The van der Waals surface area contributed by atoms with Gasteiger partial charge in [-0.15, -0.1) is 0 Å². The van der Waals surface area contributed by atoms with E-state index in [4.69, 9.17) is 9.84 Å². The van der Waals surface area contributed by atoms with Gasteiger partial charge in [0.2, 0.25) is 0 Å². The number of piperazine rings is 1. The molecule has 0 saturated carbocycles. The molecule has 1 saturated heterocycles. The summed E-state index contributed by atoms with van der Waals surface area (Å²) in [5.74, 6) is -0.450. The Hall–Kier alpha value is -3.16. The maximum absolute atomic E-state index is 11.1. The number of rotatable bonds is 7. The molecule has 0 amide bonds. The summed E-state index contributed by atoms with van der Waals surface area (Å²) in [7, 11) is 1.54. The molecule has 160 valence electrons. The van der Waals surface area contributed by atoms with E-state index >= 15 is 0 Å². The molecule has 2 N–H and O–H groups in total. The van der Waals surface area contributed by atoms with E-state index in [9.17, 15) is 4.79 Å². The lowest BCUT2D eigenvalue weighted by molar-refractivity contribution is 0.0696. The van der Waals surface area contributed by atoms with Crippen LogP contribution in [0.4, 0.5) is 11.4 Å². The van der Waals surface area contributed by atoms with Crippen molar-refractivity contribution in [2.45, 2.75) is 0 Å². The summed E-state index contributed by atoms with van der Waals surface area (Å²) in [5.41, 5.74) is 4.67. The molecule has 0 spiro atoms. The summed E-state index contributed by atoms with van der Waals surface area (Å²) in [4.78, 5) is 13.5. The molecule has 0 unspecified atom stereocenters. The van der Waals surface area contributed by atoms with Crippen molar-refractivity contribution in [2.75, 3.05) is 42.9 Å². The number of carboxylic acid groups (broad SMARTS) is 1. The van der Waals surface area contributed by atoms with E-state index in [1.54, 1.807) is 19.2 Å². The number of hydrogen-bond donors (Lipinski definition) is 2. The second kappa shape index (κ2) is 9.76. The van der Waals surface area contributed by atoms with Crippen molar-refractivity contribution in [3.05, 3.63) is 78.4 Å². The molecule has 3 aromatic carbocycles. The molecule has 31 heavy (non-hydrogen) atoms. The van der Waals surface area contributed by atoms with Crippen LogP contribution in [0.1, 0.15) is 10.4 Å². The van der Waals surface area contributed by atoms with E-state index in [1.807, 2.05) is 6.07 Å². The Morgan fingerprint density at radius 3 is 2.39 bits per heavy atom. The van der Waals surface area contributed by atoms with Crippen LogP contribution in [0, 0.1) is 0 Å². The predicted molar refractivity (Wildman–Crippen MR) is 127 cm³/mol. The average molecular weight is 436 g/mol. The van der Waals surface area contributed by atoms with E-state index < -0.39 is 5.97 Å². The van der Waals surface area contributed by atoms with Gasteiger partial charge < -0.3 is 19.5 Å². The third-order valence-electron chi connectivity index (χ3n) is 5.29. The van der Waals surface area contributed by atoms with Gasteiger partial charge in [-0.1, -0.05) is 42.5 Å². The Labute approximate surface area is 186 Å². The summed E-state index contributed by atoms with van der Waals surface area (Å²) in [6.45, 7) is 3.68. The molecule has 0 aromatic heterocycles. The van der Waals surface area contributed by atoms with E-state index in [0.717, 1.165) is 31.9 Å². The number of ether oxygens (including phenoxy) is 1. The van der Waals surface area contributed by atoms with Gasteiger partial charge in [-0.25, -0.2) is 9.10 Å². The Kier molecular flexibility index (Phi) is 6.64. The van der Waals surface area contributed by atoms with Crippen molar-refractivity contribution in [1.29, 1.82) is 0 Å². The molecule has 1 aliphatic rings. The fourth-order valence-corrected chi connectivity index (χ4v) is 4.31. The van der Waals surface area contributed by atoms with Crippen LogP contribution in [0.2, 0.25) is 0 Å². The Morgan fingerprint density at radius 2 is 1.68 bits per heavy atom. The topological polar surface area (TPSA) is 65.0 Å². The molecule has 3 aromatic rings. The largest absolute Gasteiger partial charge is 0.495 e. The fraction of sp³-hybridized carbons (Fsp3) is 0.208. The summed E-state index contributed by atoms with van der Waals surface area (Å²) in [6, 6.07) is 24.0. The second-order valence-corrected chi connectivity index (χ2v) is 8.15. The zero-order valence-electron chi connectivity index (χ0n) is 17.3. The molecule has 1 fully saturated rings. The highest BCUT2D eigenvalue weighted by Gasteiger charge is 2.19. The number of methoxy groups -OCH3 is 1. The molecule has 4 rings (SSSR count). The van der Waals surface area contributed by atoms with Crippen LogP contribution >= 0.6 is 12.1 Å². The van der Waals surface area contributed by atoms with Crippen molar-refractivity contribution in [1.82, 2.24) is 4.31 Å². The Bertz CT molecular complexity index is 1040. The van der Waals surface area contributed by atoms with Crippen LogP contribution in [-0.4, -0.2) is 48.7 Å². The van der Waals surface area contributed by atoms with Gasteiger partial charge in [-0.2, -0.15) is 0 Å². The summed E-state index contributed by atoms with van der Waals surface area (Å²) in [5, 5.41) is 9.14. The molecule has 6 nitrogen and oxygen atoms in total. The first kappa shape index (κ1) is 21.1. The number of carboxylic acids is 1. The van der Waals surface area contributed by atoms with Crippen LogP contribution in [-0.2, 0) is 0 Å². The Morgan fingerprint density at radius 1 is 0.935 bits per heavy atom. The zero-order chi connectivity index (χ0) is 21.6. The van der Waals surface area contributed by atoms with Gasteiger partial charge in [0, 0.05) is 44.0 Å². The second-order valence-electron chi connectivity index (χ2n) is 7.25. The highest BCUT2D eigenvalue weighted by molar-refractivity contribution is 7.98. The van der Waals surface area contributed by atoms with Gasteiger partial charge >= 0.3 is 5.97 Å². The van der Waals surface area contributed by atoms with Crippen molar-refractivity contribution in [3.63, 3.8) is 0 Å². The summed E-state index contributed by atoms with van der Waals surface area (Å²) >= 11 is 1.52. The van der Waals surface area contributed by atoms with Crippen molar-refractivity contribution < 1.29 is 14.6 Å². The average Bonchev–Trinajstić information content (AvgIpc) is 2.83. The highest BCUT2D eigenvalue weighted by Crippen LogP contribution is 2.30. The van der Waals surface area contributed by atoms with Crippen LogP contribution in [0.25, 0.3) is 11.1 Å². The van der Waals surface area contributed by atoms with Gasteiger partial charge in [0.15, 0.2) is 0 Å². The normalized spacial score (nSPS) is 14.3. The smallest absolute Gasteiger partial charge is 0.335 e. The molecule has 0 radical (unpaired) electrons. The zero-order valence-corrected chi connectivity index (χ0v) is 18.1. The van der Waals surface area contributed by atoms with Crippen LogP contribution in [0.15, 0.2) is 72.8 Å². The molecular formula is C24H25N3O3S. The van der Waals surface area contributed by atoms with E-state index in [2.05, 4.69) is 62.5 Å². The van der Waals surface area contributed by atoms with Gasteiger partial charge in [-0.3, -0.25) is 0 Å². The minimum atomic E-state index is -0.968. The molecule has 1 heterocycles. The minimum absolute atomic E-state index is 0.207. The monoisotopic (exact) mass is 435 g/mol. The molecular weight excluding hydrogens is 410 g/mol. The maximum Gasteiger partial charge on any atom is 0.335 e. The van der Waals surface area contributed by atoms with Gasteiger partial charge in [-0.05, 0) is 41.5 Å². The first-order valence-electron chi connectivity index (χ1n) is 10.1. The number of hydrogen-bond acceptors (Lipinski definition) is 6. The number of anilines is 2. The van der Waals surface area contributed by atoms with Gasteiger partial charge in [0.25, 0.3) is 0 Å². The predicted octanol–water partition coefficient (Wildman–Crippen LogP) is 4.86. The van der Waals surface area contributed by atoms with Crippen molar-refractivity contribution >= 4 is 29.5 Å². The van der Waals surface area contributed by atoms with Gasteiger partial charge in [0.05, 0.1) is 18.4 Å². The molecule has 0 bridgehead atoms. The summed E-state index contributed by atoms with van der Waals surface area (Å²) < 4.78 is 10.9. The minimum Gasteiger partial charge on any atom is -0.495 e. The molecule has 0 atom stereocenters. The van der Waals surface area contributed by atoms with Gasteiger partial charge in [0.1, 0.15) is 5.75 Å². The number of nitrogens with zero attached hydrogens (tertiary/aromatic N) is 2. The third kappa shape index (κ3) is 5.13. The first-order chi connectivity index (χ1) is 15.1.